The van der Waals surface area contributed by atoms with Gasteiger partial charge in [-0.1, -0.05) is 30.4 Å². The third-order valence-electron chi connectivity index (χ3n) is 3.25. The van der Waals surface area contributed by atoms with Crippen molar-refractivity contribution in [3.63, 3.8) is 0 Å². The normalized spacial score (nSPS) is 14.9. The number of hydrogen-bond acceptors (Lipinski definition) is 3. The van der Waals surface area contributed by atoms with Crippen LogP contribution in [0.2, 0.25) is 0 Å². The molecule has 0 saturated carbocycles. The summed E-state index contributed by atoms with van der Waals surface area (Å²) in [5.41, 5.74) is -0.0169. The van der Waals surface area contributed by atoms with E-state index in [1.54, 1.807) is 24.3 Å². The second-order valence-corrected chi connectivity index (χ2v) is 4.56. The van der Waals surface area contributed by atoms with Crippen LogP contribution in [0.25, 0.3) is 10.8 Å². The van der Waals surface area contributed by atoms with Crippen molar-refractivity contribution >= 4 is 16.7 Å². The summed E-state index contributed by atoms with van der Waals surface area (Å²) in [5, 5.41) is 10.2. The highest BCUT2D eigenvalue weighted by Gasteiger charge is 2.18. The fraction of sp³-hybridized carbons (Fsp3) is 0.214. The lowest BCUT2D eigenvalue weighted by atomic mass is 10.1. The van der Waals surface area contributed by atoms with E-state index in [0.29, 0.717) is 10.8 Å². The summed E-state index contributed by atoms with van der Waals surface area (Å²) in [6.45, 7) is 0. The van der Waals surface area contributed by atoms with E-state index >= 15 is 0 Å². The minimum absolute atomic E-state index is 0.125. The number of fused-ring (bicyclic) bond motifs is 1. The van der Waals surface area contributed by atoms with Gasteiger partial charge in [-0.05, 0) is 18.9 Å². The summed E-state index contributed by atoms with van der Waals surface area (Å²) in [6, 6.07) is 7.10. The number of hydrogen-bond donors (Lipinski definition) is 2. The molecule has 96 valence electrons. The van der Waals surface area contributed by atoms with Crippen molar-refractivity contribution in [2.45, 2.75) is 18.9 Å². The topological polar surface area (TPSA) is 74.8 Å². The number of rotatable bonds is 2. The van der Waals surface area contributed by atoms with Crippen LogP contribution in [0, 0.1) is 0 Å². The molecule has 2 aromatic rings. The molecule has 0 spiro atoms. The van der Waals surface area contributed by atoms with E-state index in [1.807, 2.05) is 12.2 Å². The molecule has 1 amide bonds. The van der Waals surface area contributed by atoms with Gasteiger partial charge in [-0.25, -0.2) is 5.10 Å². The Balaban J connectivity index is 1.98. The van der Waals surface area contributed by atoms with Crippen molar-refractivity contribution in [3.8, 4) is 0 Å². The highest BCUT2D eigenvalue weighted by atomic mass is 16.2. The Morgan fingerprint density at radius 2 is 1.89 bits per heavy atom. The minimum atomic E-state index is -0.283. The van der Waals surface area contributed by atoms with E-state index in [0.717, 1.165) is 12.8 Å². The summed E-state index contributed by atoms with van der Waals surface area (Å²) in [5.74, 6) is -0.249. The Bertz CT molecular complexity index is 710. The maximum absolute atomic E-state index is 12.2. The first-order valence-electron chi connectivity index (χ1n) is 6.19. The molecule has 3 rings (SSSR count). The fourth-order valence-electron chi connectivity index (χ4n) is 2.28. The van der Waals surface area contributed by atoms with Gasteiger partial charge in [0.15, 0.2) is 5.69 Å². The van der Waals surface area contributed by atoms with Crippen LogP contribution in [-0.4, -0.2) is 22.1 Å². The monoisotopic (exact) mass is 255 g/mol. The van der Waals surface area contributed by atoms with Crippen LogP contribution < -0.4 is 10.9 Å². The lowest BCUT2D eigenvalue weighted by molar-refractivity contribution is 0.0935. The third kappa shape index (κ3) is 2.14. The molecule has 0 radical (unpaired) electrons. The van der Waals surface area contributed by atoms with E-state index in [2.05, 4.69) is 15.5 Å². The van der Waals surface area contributed by atoms with Crippen molar-refractivity contribution in [2.24, 2.45) is 0 Å². The third-order valence-corrected chi connectivity index (χ3v) is 3.25. The molecule has 0 unspecified atom stereocenters. The van der Waals surface area contributed by atoms with Gasteiger partial charge >= 0.3 is 0 Å². The highest BCUT2D eigenvalue weighted by Crippen LogP contribution is 2.14. The van der Waals surface area contributed by atoms with Crippen molar-refractivity contribution in [3.05, 3.63) is 52.5 Å². The van der Waals surface area contributed by atoms with Gasteiger partial charge < -0.3 is 5.32 Å². The SMILES string of the molecule is O=C(NC1CC=CC1)c1n[nH]c(=O)c2ccccc12. The number of nitrogens with zero attached hydrogens (tertiary/aromatic N) is 1. The number of amides is 1. The number of aromatic amines is 1. The molecule has 2 N–H and O–H groups in total. The van der Waals surface area contributed by atoms with Gasteiger partial charge in [-0.3, -0.25) is 9.59 Å². The molecule has 1 heterocycles. The molecule has 0 bridgehead atoms. The summed E-state index contributed by atoms with van der Waals surface area (Å²) < 4.78 is 0. The standard InChI is InChI=1S/C14H13N3O2/c18-13-11-8-4-3-7-10(11)12(16-17-13)14(19)15-9-5-1-2-6-9/h1-4,7-9H,5-6H2,(H,15,19)(H,17,18). The number of H-pyrrole nitrogens is 1. The van der Waals surface area contributed by atoms with E-state index < -0.39 is 0 Å². The van der Waals surface area contributed by atoms with Gasteiger partial charge in [0.2, 0.25) is 0 Å². The van der Waals surface area contributed by atoms with Crippen LogP contribution in [0.5, 0.6) is 0 Å². The Morgan fingerprint density at radius 3 is 2.63 bits per heavy atom. The van der Waals surface area contributed by atoms with Gasteiger partial charge in [-0.15, -0.1) is 0 Å². The molecule has 1 aliphatic carbocycles. The summed E-state index contributed by atoms with van der Waals surface area (Å²) in [6.07, 6.45) is 5.77. The second-order valence-electron chi connectivity index (χ2n) is 4.56. The number of benzene rings is 1. The fourth-order valence-corrected chi connectivity index (χ4v) is 2.28. The van der Waals surface area contributed by atoms with E-state index in [-0.39, 0.29) is 23.2 Å². The van der Waals surface area contributed by atoms with Gasteiger partial charge in [0.25, 0.3) is 11.5 Å². The highest BCUT2D eigenvalue weighted by molar-refractivity contribution is 6.04. The Morgan fingerprint density at radius 1 is 1.21 bits per heavy atom. The van der Waals surface area contributed by atoms with Gasteiger partial charge in [-0.2, -0.15) is 5.10 Å². The first kappa shape index (κ1) is 11.6. The molecule has 5 nitrogen and oxygen atoms in total. The first-order chi connectivity index (χ1) is 9.25. The van der Waals surface area contributed by atoms with Gasteiger partial charge in [0.1, 0.15) is 0 Å². The van der Waals surface area contributed by atoms with Crippen molar-refractivity contribution in [2.75, 3.05) is 0 Å². The lowest BCUT2D eigenvalue weighted by Gasteiger charge is -2.12. The van der Waals surface area contributed by atoms with E-state index in [9.17, 15) is 9.59 Å². The molecule has 5 heteroatoms. The molecule has 1 aliphatic rings. The zero-order chi connectivity index (χ0) is 13.2. The summed E-state index contributed by atoms with van der Waals surface area (Å²) in [7, 11) is 0. The van der Waals surface area contributed by atoms with Crippen LogP contribution in [0.3, 0.4) is 0 Å². The second kappa shape index (κ2) is 4.68. The molecule has 19 heavy (non-hydrogen) atoms. The largest absolute Gasteiger partial charge is 0.347 e. The van der Waals surface area contributed by atoms with Crippen molar-refractivity contribution in [1.82, 2.24) is 15.5 Å². The number of carbonyl (C=O) groups is 1. The number of carbonyl (C=O) groups excluding carboxylic acids is 1. The average molecular weight is 255 g/mol. The average Bonchev–Trinajstić information content (AvgIpc) is 2.92. The maximum Gasteiger partial charge on any atom is 0.272 e. The van der Waals surface area contributed by atoms with Crippen molar-refractivity contribution < 1.29 is 4.79 Å². The Kier molecular flexibility index (Phi) is 2.87. The van der Waals surface area contributed by atoms with Gasteiger partial charge in [0.05, 0.1) is 5.39 Å². The quantitative estimate of drug-likeness (QED) is 0.796. The molecule has 1 aromatic heterocycles. The van der Waals surface area contributed by atoms with E-state index in [1.165, 1.54) is 0 Å². The van der Waals surface area contributed by atoms with Crippen molar-refractivity contribution in [1.29, 1.82) is 0 Å². The first-order valence-corrected chi connectivity index (χ1v) is 6.19. The molecule has 0 fully saturated rings. The van der Waals surface area contributed by atoms with Crippen LogP contribution in [0.4, 0.5) is 0 Å². The predicted octanol–water partition coefficient (Wildman–Crippen LogP) is 1.37. The van der Waals surface area contributed by atoms with Crippen LogP contribution in [-0.2, 0) is 0 Å². The predicted molar refractivity (Wildman–Crippen MR) is 72.0 cm³/mol. The summed E-state index contributed by atoms with van der Waals surface area (Å²) >= 11 is 0. The van der Waals surface area contributed by atoms with Crippen LogP contribution >= 0.6 is 0 Å². The summed E-state index contributed by atoms with van der Waals surface area (Å²) in [4.78, 5) is 23.8. The molecule has 0 atom stereocenters. The lowest BCUT2D eigenvalue weighted by Crippen LogP contribution is -2.34. The zero-order valence-corrected chi connectivity index (χ0v) is 10.2. The van der Waals surface area contributed by atoms with Gasteiger partial charge in [0, 0.05) is 11.4 Å². The molecule has 1 aromatic carbocycles. The van der Waals surface area contributed by atoms with Crippen LogP contribution in [0.1, 0.15) is 23.3 Å². The Hall–Kier alpha value is -2.43. The maximum atomic E-state index is 12.2. The number of nitrogens with one attached hydrogen (secondary N) is 2. The molecular formula is C14H13N3O2. The number of aromatic nitrogens is 2. The smallest absolute Gasteiger partial charge is 0.272 e. The Labute approximate surface area is 109 Å². The molecule has 0 aliphatic heterocycles. The van der Waals surface area contributed by atoms with Crippen LogP contribution in [0.15, 0.2) is 41.2 Å². The zero-order valence-electron chi connectivity index (χ0n) is 10.2. The van der Waals surface area contributed by atoms with E-state index in [4.69, 9.17) is 0 Å². The molecule has 0 saturated heterocycles. The minimum Gasteiger partial charge on any atom is -0.347 e. The molecular weight excluding hydrogens is 242 g/mol.